The van der Waals surface area contributed by atoms with E-state index >= 15 is 0 Å². The third-order valence-corrected chi connectivity index (χ3v) is 18.9. The van der Waals surface area contributed by atoms with Crippen LogP contribution in [0.1, 0.15) is 296 Å². The van der Waals surface area contributed by atoms with Gasteiger partial charge in [-0.15, -0.1) is 0 Å². The van der Waals surface area contributed by atoms with Crippen LogP contribution in [0.5, 0.6) is 0 Å². The molecule has 17 atom stereocenters. The Bertz CT molecular complexity index is 1830. The van der Waals surface area contributed by atoms with Gasteiger partial charge in [0.25, 0.3) is 0 Å². The summed E-state index contributed by atoms with van der Waals surface area (Å²) in [6.45, 7) is 1.75. The second kappa shape index (κ2) is 55.8. The molecule has 0 radical (unpaired) electrons. The number of ether oxygens (including phenoxy) is 6. The predicted octanol–water partition coefficient (Wildman–Crippen LogP) is 11.2. The molecular weight excluding hydrogens is 1190 g/mol. The summed E-state index contributed by atoms with van der Waals surface area (Å²) in [4.78, 5) is 13.4. The summed E-state index contributed by atoms with van der Waals surface area (Å²) in [6, 6.07) is -0.990. The van der Waals surface area contributed by atoms with Gasteiger partial charge >= 0.3 is 0 Å². The minimum Gasteiger partial charge on any atom is -0.394 e. The Balaban J connectivity index is 1.42. The Hall–Kier alpha value is -1.99. The minimum absolute atomic E-state index is 0.237. The molecule has 0 saturated carbocycles. The average molecular weight is 1330 g/mol. The van der Waals surface area contributed by atoms with Crippen LogP contribution < -0.4 is 5.32 Å². The number of unbranched alkanes of at least 4 members (excludes halogenated alkanes) is 39. The Labute approximate surface area is 561 Å². The number of rotatable bonds is 59. The molecule has 1 amide bonds. The maximum atomic E-state index is 13.4. The van der Waals surface area contributed by atoms with E-state index in [1.807, 2.05) is 6.08 Å². The lowest BCUT2D eigenvalue weighted by molar-refractivity contribution is -0.379. The summed E-state index contributed by atoms with van der Waals surface area (Å²) in [6.07, 6.45) is 39.8. The van der Waals surface area contributed by atoms with Crippen molar-refractivity contribution in [3.63, 3.8) is 0 Å². The van der Waals surface area contributed by atoms with E-state index in [0.717, 1.165) is 38.5 Å². The van der Waals surface area contributed by atoms with Crippen molar-refractivity contribution in [2.75, 3.05) is 26.4 Å². The highest BCUT2D eigenvalue weighted by Gasteiger charge is 2.53. The standard InChI is InChI=1S/C74H137NO18/c1-3-5-7-9-11-13-15-17-19-21-23-25-27-28-30-32-34-36-38-40-42-44-46-48-50-52-62(80)75-57(58(79)51-49-47-45-43-41-39-37-35-33-31-29-26-24-22-20-18-16-14-12-10-8-6-4-2)56-88-72-68(86)65(83)70(60(54-77)90-72)93-74-69(87)66(84)71(61(55-78)91-74)92-73-67(85)64(82)63(81)59(53-76)89-73/h21,23,41,43,49,51,57-61,63-74,76-79,81-87H,3-20,22,24-40,42,44-48,50,52-56H2,1-2H3,(H,75,80)/b23-21-,43-41+,51-49+. The zero-order valence-electron chi connectivity index (χ0n) is 58.0. The molecule has 546 valence electrons. The van der Waals surface area contributed by atoms with E-state index in [2.05, 4.69) is 43.5 Å². The molecular formula is C74H137NO18. The van der Waals surface area contributed by atoms with Crippen LogP contribution in [0.15, 0.2) is 36.5 Å². The number of carbonyl (C=O) groups is 1. The van der Waals surface area contributed by atoms with Gasteiger partial charge in [0, 0.05) is 6.42 Å². The molecule has 3 aliphatic heterocycles. The van der Waals surface area contributed by atoms with Gasteiger partial charge in [0.05, 0.1) is 38.6 Å². The van der Waals surface area contributed by atoms with Crippen molar-refractivity contribution in [2.45, 2.75) is 401 Å². The van der Waals surface area contributed by atoms with Crippen LogP contribution in [-0.2, 0) is 33.2 Å². The van der Waals surface area contributed by atoms with Crippen molar-refractivity contribution < 1.29 is 89.4 Å². The van der Waals surface area contributed by atoms with Crippen molar-refractivity contribution in [3.8, 4) is 0 Å². The van der Waals surface area contributed by atoms with Gasteiger partial charge in [-0.05, 0) is 57.8 Å². The molecule has 19 heteroatoms. The molecule has 19 nitrogen and oxygen atoms in total. The third-order valence-electron chi connectivity index (χ3n) is 18.9. The Morgan fingerprint density at radius 3 is 1.08 bits per heavy atom. The fourth-order valence-corrected chi connectivity index (χ4v) is 12.8. The van der Waals surface area contributed by atoms with Crippen molar-refractivity contribution in [2.24, 2.45) is 0 Å². The molecule has 3 heterocycles. The maximum absolute atomic E-state index is 13.4. The van der Waals surface area contributed by atoms with E-state index in [9.17, 15) is 61.0 Å². The summed E-state index contributed by atoms with van der Waals surface area (Å²) >= 11 is 0. The number of hydrogen-bond acceptors (Lipinski definition) is 18. The van der Waals surface area contributed by atoms with Crippen molar-refractivity contribution in [1.82, 2.24) is 5.32 Å². The van der Waals surface area contributed by atoms with Crippen molar-refractivity contribution in [1.29, 1.82) is 0 Å². The van der Waals surface area contributed by atoms with Crippen LogP contribution in [0.4, 0.5) is 0 Å². The Kier molecular flexibility index (Phi) is 51.2. The lowest BCUT2D eigenvalue weighted by atomic mass is 9.96. The molecule has 0 aliphatic carbocycles. The zero-order chi connectivity index (χ0) is 67.5. The number of allylic oxidation sites excluding steroid dienone is 5. The van der Waals surface area contributed by atoms with Gasteiger partial charge in [0.15, 0.2) is 18.9 Å². The van der Waals surface area contributed by atoms with Gasteiger partial charge < -0.3 is 89.9 Å². The number of nitrogens with one attached hydrogen (secondary N) is 1. The van der Waals surface area contributed by atoms with Crippen LogP contribution >= 0.6 is 0 Å². The van der Waals surface area contributed by atoms with Gasteiger partial charge in [-0.3, -0.25) is 4.79 Å². The summed E-state index contributed by atoms with van der Waals surface area (Å²) in [7, 11) is 0. The number of aliphatic hydroxyl groups is 11. The summed E-state index contributed by atoms with van der Waals surface area (Å²) < 4.78 is 34.4. The summed E-state index contributed by atoms with van der Waals surface area (Å²) in [5, 5.41) is 121. The van der Waals surface area contributed by atoms with E-state index in [0.29, 0.717) is 12.8 Å². The van der Waals surface area contributed by atoms with Crippen molar-refractivity contribution >= 4 is 5.91 Å². The second-order valence-corrected chi connectivity index (χ2v) is 27.1. The number of aliphatic hydroxyl groups excluding tert-OH is 11. The topological polar surface area (TPSA) is 307 Å². The molecule has 0 spiro atoms. The first-order valence-electron chi connectivity index (χ1n) is 37.7. The lowest BCUT2D eigenvalue weighted by Gasteiger charge is -2.48. The second-order valence-electron chi connectivity index (χ2n) is 27.1. The first-order valence-corrected chi connectivity index (χ1v) is 37.7. The van der Waals surface area contributed by atoms with Crippen molar-refractivity contribution in [3.05, 3.63) is 36.5 Å². The van der Waals surface area contributed by atoms with E-state index in [1.165, 1.54) is 225 Å². The Morgan fingerprint density at radius 1 is 0.376 bits per heavy atom. The molecule has 3 aliphatic rings. The van der Waals surface area contributed by atoms with Crippen LogP contribution in [0.25, 0.3) is 0 Å². The third kappa shape index (κ3) is 37.1. The van der Waals surface area contributed by atoms with Crippen LogP contribution in [0.2, 0.25) is 0 Å². The molecule has 0 aromatic rings. The zero-order valence-corrected chi connectivity index (χ0v) is 58.0. The fraction of sp³-hybridized carbons (Fsp3) is 0.905. The minimum atomic E-state index is -1.98. The van der Waals surface area contributed by atoms with E-state index < -0.39 is 124 Å². The smallest absolute Gasteiger partial charge is 0.220 e. The monoisotopic (exact) mass is 1330 g/mol. The largest absolute Gasteiger partial charge is 0.394 e. The number of hydrogen-bond donors (Lipinski definition) is 12. The molecule has 3 fully saturated rings. The van der Waals surface area contributed by atoms with E-state index in [4.69, 9.17) is 28.4 Å². The number of amides is 1. The van der Waals surface area contributed by atoms with Gasteiger partial charge in [0.2, 0.25) is 5.91 Å². The molecule has 93 heavy (non-hydrogen) atoms. The number of carbonyl (C=O) groups excluding carboxylic acids is 1. The summed E-state index contributed by atoms with van der Waals surface area (Å²) in [5.41, 5.74) is 0. The van der Waals surface area contributed by atoms with Gasteiger partial charge in [-0.1, -0.05) is 269 Å². The van der Waals surface area contributed by atoms with E-state index in [1.54, 1.807) is 6.08 Å². The van der Waals surface area contributed by atoms with Crippen LogP contribution in [0, 0.1) is 0 Å². The Morgan fingerprint density at radius 2 is 0.688 bits per heavy atom. The van der Waals surface area contributed by atoms with Crippen LogP contribution in [-0.4, -0.2) is 193 Å². The lowest BCUT2D eigenvalue weighted by Crippen LogP contribution is -2.66. The molecule has 3 rings (SSSR count). The molecule has 12 N–H and O–H groups in total. The molecule has 0 bridgehead atoms. The first-order chi connectivity index (χ1) is 45.3. The highest BCUT2D eigenvalue weighted by molar-refractivity contribution is 5.76. The quantitative estimate of drug-likeness (QED) is 0.0199. The normalized spacial score (nSPS) is 27.7. The first kappa shape index (κ1) is 85.2. The fourth-order valence-electron chi connectivity index (χ4n) is 12.8. The van der Waals surface area contributed by atoms with Gasteiger partial charge in [-0.2, -0.15) is 0 Å². The highest BCUT2D eigenvalue weighted by atomic mass is 16.8. The van der Waals surface area contributed by atoms with E-state index in [-0.39, 0.29) is 18.9 Å². The average Bonchev–Trinajstić information content (AvgIpc) is 0.819. The van der Waals surface area contributed by atoms with Crippen LogP contribution in [0.3, 0.4) is 0 Å². The SMILES string of the molecule is CCCCCCCCCC/C=C\CCCCCCCCCCCCCCCC(=O)NC(COC1OC(CO)C(OC2OC(CO)C(OC3OC(CO)C(O)C(O)C3O)C(O)C2O)C(O)C1O)C(O)/C=C/CC/C=C/CCCCCCCCCCCCCCCCCCC. The van der Waals surface area contributed by atoms with Gasteiger partial charge in [-0.25, -0.2) is 0 Å². The molecule has 3 saturated heterocycles. The highest BCUT2D eigenvalue weighted by Crippen LogP contribution is 2.33. The maximum Gasteiger partial charge on any atom is 0.220 e. The molecule has 0 aromatic carbocycles. The molecule has 0 aromatic heterocycles. The summed E-state index contributed by atoms with van der Waals surface area (Å²) in [5.74, 6) is -0.282. The predicted molar refractivity (Wildman–Crippen MR) is 365 cm³/mol. The molecule has 17 unspecified atom stereocenters. The van der Waals surface area contributed by atoms with Gasteiger partial charge in [0.1, 0.15) is 73.2 Å².